The predicted octanol–water partition coefficient (Wildman–Crippen LogP) is 6.67. The maximum Gasteiger partial charge on any atom is 0.417 e. The van der Waals surface area contributed by atoms with E-state index >= 15 is 0 Å². The van der Waals surface area contributed by atoms with Gasteiger partial charge in [-0.1, -0.05) is 47.5 Å². The second-order valence-electron chi connectivity index (χ2n) is 6.09. The summed E-state index contributed by atoms with van der Waals surface area (Å²) < 4.78 is 40.9. The molecule has 1 N–H and O–H groups in total. The van der Waals surface area contributed by atoms with E-state index in [1.807, 2.05) is 0 Å². The predicted molar refractivity (Wildman–Crippen MR) is 106 cm³/mol. The number of carbonyl (C=O) groups excluding carboxylic acids is 1. The lowest BCUT2D eigenvalue weighted by atomic mass is 9.95. The molecule has 0 aliphatic heterocycles. The van der Waals surface area contributed by atoms with Gasteiger partial charge in [0.05, 0.1) is 11.1 Å². The Morgan fingerprint density at radius 1 is 0.862 bits per heavy atom. The number of carboxylic acid groups (broad SMARTS) is 1. The third kappa shape index (κ3) is 4.44. The summed E-state index contributed by atoms with van der Waals surface area (Å²) in [6.45, 7) is 0. The Morgan fingerprint density at radius 2 is 1.38 bits per heavy atom. The fourth-order valence-corrected chi connectivity index (χ4v) is 3.47. The lowest BCUT2D eigenvalue weighted by Gasteiger charge is -2.13. The van der Waals surface area contributed by atoms with Crippen LogP contribution >= 0.6 is 23.2 Å². The molecule has 148 valence electrons. The van der Waals surface area contributed by atoms with Crippen molar-refractivity contribution >= 4 is 51.3 Å². The minimum atomic E-state index is -4.85. The number of halogens is 5. The summed E-state index contributed by atoms with van der Waals surface area (Å²) in [6, 6.07) is 11.9. The lowest BCUT2D eigenvalue weighted by Crippen LogP contribution is -2.13. The van der Waals surface area contributed by atoms with Crippen molar-refractivity contribution in [3.8, 4) is 0 Å². The number of allylic oxidation sites excluding steroid dienone is 2. The minimum absolute atomic E-state index is 0.00800. The topological polar surface area (TPSA) is 54.4 Å². The van der Waals surface area contributed by atoms with E-state index in [9.17, 15) is 27.9 Å². The number of rotatable bonds is 4. The summed E-state index contributed by atoms with van der Waals surface area (Å²) in [4.78, 5) is 24.1. The van der Waals surface area contributed by atoms with Crippen molar-refractivity contribution in [2.75, 3.05) is 0 Å². The zero-order valence-corrected chi connectivity index (χ0v) is 15.9. The Hall–Kier alpha value is -2.83. The van der Waals surface area contributed by atoms with Gasteiger partial charge in [-0.25, -0.2) is 4.79 Å². The van der Waals surface area contributed by atoms with Crippen LogP contribution in [0.2, 0.25) is 10.0 Å². The normalized spacial score (nSPS) is 12.2. The maximum atomic E-state index is 13.6. The Kier molecular flexibility index (Phi) is 5.68. The zero-order chi connectivity index (χ0) is 21.3. The van der Waals surface area contributed by atoms with Crippen molar-refractivity contribution in [2.24, 2.45) is 0 Å². The van der Waals surface area contributed by atoms with Crippen LogP contribution in [0.15, 0.2) is 60.7 Å². The van der Waals surface area contributed by atoms with Gasteiger partial charge in [-0.15, -0.1) is 0 Å². The molecule has 0 spiro atoms. The largest absolute Gasteiger partial charge is 0.478 e. The summed E-state index contributed by atoms with van der Waals surface area (Å²) in [6.07, 6.45) is -4.38. The van der Waals surface area contributed by atoms with Gasteiger partial charge >= 0.3 is 12.1 Å². The van der Waals surface area contributed by atoms with Crippen LogP contribution in [0.1, 0.15) is 26.3 Å². The van der Waals surface area contributed by atoms with Gasteiger partial charge in [-0.05, 0) is 52.7 Å². The van der Waals surface area contributed by atoms with Crippen molar-refractivity contribution in [3.63, 3.8) is 0 Å². The van der Waals surface area contributed by atoms with E-state index in [1.165, 1.54) is 30.3 Å². The number of carboxylic acids is 1. The molecule has 0 amide bonds. The number of aromatic carboxylic acids is 1. The quantitative estimate of drug-likeness (QED) is 0.365. The summed E-state index contributed by atoms with van der Waals surface area (Å²) in [7, 11) is 0. The van der Waals surface area contributed by atoms with Gasteiger partial charge in [0.2, 0.25) is 0 Å². The highest BCUT2D eigenvalue weighted by atomic mass is 35.5. The van der Waals surface area contributed by atoms with Crippen LogP contribution in [0.3, 0.4) is 0 Å². The van der Waals surface area contributed by atoms with Crippen LogP contribution < -0.4 is 0 Å². The molecule has 29 heavy (non-hydrogen) atoms. The minimum Gasteiger partial charge on any atom is -0.478 e. The van der Waals surface area contributed by atoms with Crippen LogP contribution in [0.25, 0.3) is 16.3 Å². The molecule has 0 bridgehead atoms. The van der Waals surface area contributed by atoms with Gasteiger partial charge in [0.1, 0.15) is 0 Å². The summed E-state index contributed by atoms with van der Waals surface area (Å²) in [5.74, 6) is -2.14. The molecule has 0 saturated carbocycles. The van der Waals surface area contributed by atoms with Gasteiger partial charge in [0.25, 0.3) is 0 Å². The fraction of sp³-hybridized carbons (Fsp3) is 0.0476. The van der Waals surface area contributed by atoms with E-state index in [0.29, 0.717) is 6.08 Å². The number of hydrogen-bond donors (Lipinski definition) is 1. The molecular weight excluding hydrogens is 428 g/mol. The van der Waals surface area contributed by atoms with Crippen molar-refractivity contribution in [2.45, 2.75) is 6.18 Å². The molecule has 0 unspecified atom stereocenters. The average Bonchev–Trinajstić information content (AvgIpc) is 2.63. The second kappa shape index (κ2) is 7.89. The van der Waals surface area contributed by atoms with Crippen LogP contribution in [0, 0.1) is 0 Å². The Morgan fingerprint density at radius 3 is 1.90 bits per heavy atom. The fourth-order valence-electron chi connectivity index (χ4n) is 2.95. The third-order valence-corrected chi connectivity index (χ3v) is 4.61. The first-order chi connectivity index (χ1) is 13.6. The Labute approximate surface area is 173 Å². The standard InChI is InChI=1S/C21H11Cl2F3O3/c22-12-7-11(8-13(23)9-12)18(21(24,25)26)10-19(27)16-5-6-17(20(28)29)15-4-2-1-3-14(15)16/h1-10H,(H,28,29). The Bertz CT molecular complexity index is 1150. The van der Waals surface area contributed by atoms with E-state index in [2.05, 4.69) is 0 Å². The molecule has 0 aromatic heterocycles. The highest BCUT2D eigenvalue weighted by molar-refractivity contribution is 6.35. The number of alkyl halides is 3. The maximum absolute atomic E-state index is 13.6. The smallest absolute Gasteiger partial charge is 0.417 e. The summed E-state index contributed by atoms with van der Waals surface area (Å²) in [5.41, 5.74) is -1.67. The SMILES string of the molecule is O=C(O)c1ccc(C(=O)C=C(c2cc(Cl)cc(Cl)c2)C(F)(F)F)c2ccccc12. The molecule has 3 aromatic rings. The summed E-state index contributed by atoms with van der Waals surface area (Å²) >= 11 is 11.6. The number of fused-ring (bicyclic) bond motifs is 1. The molecule has 0 fully saturated rings. The summed E-state index contributed by atoms with van der Waals surface area (Å²) in [5, 5.41) is 9.76. The van der Waals surface area contributed by atoms with Crippen LogP contribution in [0.5, 0.6) is 0 Å². The van der Waals surface area contributed by atoms with E-state index in [-0.39, 0.29) is 37.5 Å². The van der Waals surface area contributed by atoms with Crippen LogP contribution in [-0.4, -0.2) is 23.0 Å². The first kappa shape index (κ1) is 20.9. The second-order valence-corrected chi connectivity index (χ2v) is 6.96. The van der Waals surface area contributed by atoms with Crippen molar-refractivity contribution in [3.05, 3.63) is 87.4 Å². The van der Waals surface area contributed by atoms with Gasteiger partial charge in [-0.2, -0.15) is 13.2 Å². The lowest BCUT2D eigenvalue weighted by molar-refractivity contribution is -0.0689. The highest BCUT2D eigenvalue weighted by Crippen LogP contribution is 2.37. The molecule has 3 nitrogen and oxygen atoms in total. The van der Waals surface area contributed by atoms with Crippen molar-refractivity contribution in [1.29, 1.82) is 0 Å². The van der Waals surface area contributed by atoms with E-state index in [4.69, 9.17) is 23.2 Å². The van der Waals surface area contributed by atoms with E-state index in [0.717, 1.165) is 12.1 Å². The van der Waals surface area contributed by atoms with Crippen molar-refractivity contribution in [1.82, 2.24) is 0 Å². The van der Waals surface area contributed by atoms with E-state index < -0.39 is 23.5 Å². The molecule has 0 saturated heterocycles. The first-order valence-electron chi connectivity index (χ1n) is 8.12. The monoisotopic (exact) mass is 438 g/mol. The molecule has 0 heterocycles. The van der Waals surface area contributed by atoms with Crippen LogP contribution in [0.4, 0.5) is 13.2 Å². The molecule has 0 aliphatic rings. The van der Waals surface area contributed by atoms with Crippen molar-refractivity contribution < 1.29 is 27.9 Å². The van der Waals surface area contributed by atoms with Gasteiger partial charge < -0.3 is 5.11 Å². The highest BCUT2D eigenvalue weighted by Gasteiger charge is 2.36. The molecule has 0 radical (unpaired) electrons. The van der Waals surface area contributed by atoms with Gasteiger partial charge in [0, 0.05) is 15.6 Å². The number of benzene rings is 3. The van der Waals surface area contributed by atoms with Gasteiger partial charge in [-0.3, -0.25) is 4.79 Å². The number of hydrogen-bond acceptors (Lipinski definition) is 2. The molecule has 0 atom stereocenters. The molecular formula is C21H11Cl2F3O3. The third-order valence-electron chi connectivity index (χ3n) is 4.17. The molecule has 8 heteroatoms. The zero-order valence-electron chi connectivity index (χ0n) is 14.4. The molecule has 3 aromatic carbocycles. The Balaban J connectivity index is 2.19. The molecule has 0 aliphatic carbocycles. The molecule has 3 rings (SSSR count). The number of ketones is 1. The van der Waals surface area contributed by atoms with Gasteiger partial charge in [0.15, 0.2) is 5.78 Å². The van der Waals surface area contributed by atoms with E-state index in [1.54, 1.807) is 12.1 Å². The first-order valence-corrected chi connectivity index (χ1v) is 8.88. The average molecular weight is 439 g/mol. The number of carbonyl (C=O) groups is 2. The van der Waals surface area contributed by atoms with Crippen LogP contribution in [-0.2, 0) is 0 Å².